The molecule has 0 spiro atoms. The predicted molar refractivity (Wildman–Crippen MR) is 93.3 cm³/mol. The first-order valence-corrected chi connectivity index (χ1v) is 9.74. The highest BCUT2D eigenvalue weighted by atomic mass is 16.8. The molecule has 24 heavy (non-hydrogen) atoms. The lowest BCUT2D eigenvalue weighted by Gasteiger charge is -2.57. The van der Waals surface area contributed by atoms with E-state index in [4.69, 9.17) is 14.2 Å². The van der Waals surface area contributed by atoms with Gasteiger partial charge in [-0.1, -0.05) is 19.9 Å². The van der Waals surface area contributed by atoms with Crippen molar-refractivity contribution in [2.24, 2.45) is 23.7 Å². The monoisotopic (exact) mass is 338 g/mol. The van der Waals surface area contributed by atoms with Gasteiger partial charge in [0, 0.05) is 11.8 Å². The maximum absolute atomic E-state index is 11.7. The van der Waals surface area contributed by atoms with E-state index in [0.29, 0.717) is 12.5 Å². The van der Waals surface area contributed by atoms with Crippen molar-refractivity contribution in [3.63, 3.8) is 0 Å². The summed E-state index contributed by atoms with van der Waals surface area (Å²) in [7, 11) is 0. The number of ether oxygens (including phenoxy) is 3. The zero-order chi connectivity index (χ0) is 17.3. The van der Waals surface area contributed by atoms with Gasteiger partial charge in [-0.15, -0.1) is 6.58 Å². The third-order valence-electron chi connectivity index (χ3n) is 6.58. The first-order valence-electron chi connectivity index (χ1n) is 9.74. The highest BCUT2D eigenvalue weighted by Gasteiger charge is 2.62. The summed E-state index contributed by atoms with van der Waals surface area (Å²) in [5, 5.41) is 11.7. The minimum Gasteiger partial charge on any atom is -0.384 e. The molecule has 0 aromatic rings. The predicted octanol–water partition coefficient (Wildman–Crippen LogP) is 3.88. The van der Waals surface area contributed by atoms with Gasteiger partial charge in [-0.05, 0) is 57.3 Å². The Balaban J connectivity index is 1.79. The van der Waals surface area contributed by atoms with E-state index in [-0.39, 0.29) is 30.1 Å². The third kappa shape index (κ3) is 3.18. The maximum Gasteiger partial charge on any atom is 0.190 e. The van der Waals surface area contributed by atoms with Crippen LogP contribution in [0.4, 0.5) is 0 Å². The van der Waals surface area contributed by atoms with Crippen molar-refractivity contribution in [2.75, 3.05) is 6.61 Å². The van der Waals surface area contributed by atoms with Gasteiger partial charge in [0.2, 0.25) is 0 Å². The highest BCUT2D eigenvalue weighted by Crippen LogP contribution is 2.54. The van der Waals surface area contributed by atoms with E-state index in [9.17, 15) is 5.11 Å². The average Bonchev–Trinajstić information content (AvgIpc) is 2.67. The van der Waals surface area contributed by atoms with Gasteiger partial charge in [0.25, 0.3) is 0 Å². The first-order chi connectivity index (χ1) is 11.5. The highest BCUT2D eigenvalue weighted by molar-refractivity contribution is 5.06. The summed E-state index contributed by atoms with van der Waals surface area (Å²) in [6.45, 7) is 10.9. The lowest BCUT2D eigenvalue weighted by Crippen LogP contribution is -2.66. The van der Waals surface area contributed by atoms with Crippen LogP contribution in [0.5, 0.6) is 0 Å². The second-order valence-corrected chi connectivity index (χ2v) is 8.18. The third-order valence-corrected chi connectivity index (χ3v) is 6.58. The molecule has 0 radical (unpaired) electrons. The van der Waals surface area contributed by atoms with Crippen molar-refractivity contribution in [1.29, 1.82) is 0 Å². The molecule has 138 valence electrons. The maximum atomic E-state index is 11.7. The van der Waals surface area contributed by atoms with Gasteiger partial charge in [-0.3, -0.25) is 0 Å². The minimum absolute atomic E-state index is 0.118. The number of unbranched alkanes of at least 4 members (excludes halogenated alkanes) is 1. The molecule has 2 aliphatic heterocycles. The molecule has 3 unspecified atom stereocenters. The molecule has 3 rings (SSSR count). The number of hydrogen-bond acceptors (Lipinski definition) is 4. The molecular weight excluding hydrogens is 304 g/mol. The van der Waals surface area contributed by atoms with Gasteiger partial charge in [-0.2, -0.15) is 0 Å². The lowest BCUT2D eigenvalue weighted by molar-refractivity contribution is -0.382. The molecule has 1 N–H and O–H groups in total. The lowest BCUT2D eigenvalue weighted by atomic mass is 9.58. The van der Waals surface area contributed by atoms with Gasteiger partial charge in [0.15, 0.2) is 12.6 Å². The standard InChI is InChI=1S/C20H34O4/c1-5-6-7-12-22-18-15(4)17-10-8-13(2)16-11-9-14(3)23-19(24-18)20(16,17)21/h5,13-19,21H,1,6-12H2,2-4H3/t13-,14+,15-,16?,17?,18?,19+,20-/m1/s1. The van der Waals surface area contributed by atoms with Crippen molar-refractivity contribution < 1.29 is 19.3 Å². The van der Waals surface area contributed by atoms with Crippen LogP contribution in [0.15, 0.2) is 12.7 Å². The van der Waals surface area contributed by atoms with E-state index in [1.165, 1.54) is 6.42 Å². The number of hydrogen-bond donors (Lipinski definition) is 1. The zero-order valence-electron chi connectivity index (χ0n) is 15.4. The fourth-order valence-corrected chi connectivity index (χ4v) is 5.15. The van der Waals surface area contributed by atoms with Crippen molar-refractivity contribution in [3.05, 3.63) is 12.7 Å². The van der Waals surface area contributed by atoms with Crippen LogP contribution in [0.2, 0.25) is 0 Å². The molecule has 0 bridgehead atoms. The van der Waals surface area contributed by atoms with Crippen LogP contribution in [0.25, 0.3) is 0 Å². The van der Waals surface area contributed by atoms with Crippen molar-refractivity contribution in [1.82, 2.24) is 0 Å². The molecule has 3 aliphatic rings. The number of aliphatic hydroxyl groups is 1. The van der Waals surface area contributed by atoms with Gasteiger partial charge in [0.05, 0.1) is 12.7 Å². The number of allylic oxidation sites excluding steroid dienone is 1. The Kier molecular flexibility index (Phi) is 5.70. The quantitative estimate of drug-likeness (QED) is 0.610. The summed E-state index contributed by atoms with van der Waals surface area (Å²) in [5.74, 6) is 1.15. The molecule has 8 atom stereocenters. The summed E-state index contributed by atoms with van der Waals surface area (Å²) in [5.41, 5.74) is -0.872. The van der Waals surface area contributed by atoms with Crippen LogP contribution in [-0.2, 0) is 14.2 Å². The Hall–Kier alpha value is -0.420. The second-order valence-electron chi connectivity index (χ2n) is 8.18. The molecule has 0 aromatic carbocycles. The van der Waals surface area contributed by atoms with Crippen LogP contribution in [0, 0.1) is 23.7 Å². The van der Waals surface area contributed by atoms with E-state index in [1.54, 1.807) is 0 Å². The summed E-state index contributed by atoms with van der Waals surface area (Å²) >= 11 is 0. The Labute approximate surface area is 146 Å². The molecule has 4 nitrogen and oxygen atoms in total. The van der Waals surface area contributed by atoms with Crippen molar-refractivity contribution in [3.8, 4) is 0 Å². The largest absolute Gasteiger partial charge is 0.384 e. The molecule has 0 aromatic heterocycles. The van der Waals surface area contributed by atoms with Crippen LogP contribution in [0.3, 0.4) is 0 Å². The van der Waals surface area contributed by atoms with Gasteiger partial charge in [-0.25, -0.2) is 0 Å². The second kappa shape index (κ2) is 7.45. The Morgan fingerprint density at radius 3 is 2.62 bits per heavy atom. The molecule has 1 aliphatic carbocycles. The minimum atomic E-state index is -0.872. The van der Waals surface area contributed by atoms with E-state index in [0.717, 1.165) is 32.1 Å². The number of rotatable bonds is 5. The molecule has 1 saturated carbocycles. The van der Waals surface area contributed by atoms with E-state index in [2.05, 4.69) is 27.4 Å². The molecule has 3 fully saturated rings. The van der Waals surface area contributed by atoms with Crippen LogP contribution >= 0.6 is 0 Å². The van der Waals surface area contributed by atoms with Crippen LogP contribution in [-0.4, -0.2) is 36.0 Å². The Bertz CT molecular complexity index is 439. The Morgan fingerprint density at radius 2 is 1.88 bits per heavy atom. The smallest absolute Gasteiger partial charge is 0.190 e. The molecule has 2 saturated heterocycles. The summed E-state index contributed by atoms with van der Waals surface area (Å²) in [4.78, 5) is 0. The zero-order valence-corrected chi connectivity index (χ0v) is 15.4. The van der Waals surface area contributed by atoms with Crippen LogP contribution < -0.4 is 0 Å². The molecular formula is C20H34O4. The SMILES string of the molecule is C=CCCCOC1O[C@@H]2O[C@@H](C)CCC3[C@H](C)CCC([C@H]1C)[C@]32O. The summed E-state index contributed by atoms with van der Waals surface area (Å²) < 4.78 is 18.4. The normalized spacial score (nSPS) is 48.4. The van der Waals surface area contributed by atoms with Gasteiger partial charge >= 0.3 is 0 Å². The van der Waals surface area contributed by atoms with Gasteiger partial charge < -0.3 is 19.3 Å². The van der Waals surface area contributed by atoms with Crippen molar-refractivity contribution in [2.45, 2.75) is 83.6 Å². The molecule has 0 amide bonds. The average molecular weight is 338 g/mol. The van der Waals surface area contributed by atoms with Crippen LogP contribution in [0.1, 0.15) is 59.3 Å². The van der Waals surface area contributed by atoms with Crippen molar-refractivity contribution >= 4 is 0 Å². The molecule has 4 heteroatoms. The fourth-order valence-electron chi connectivity index (χ4n) is 5.15. The molecule has 2 heterocycles. The first kappa shape index (κ1) is 18.4. The fraction of sp³-hybridized carbons (Fsp3) is 0.900. The Morgan fingerprint density at radius 1 is 1.12 bits per heavy atom. The van der Waals surface area contributed by atoms with E-state index < -0.39 is 11.9 Å². The van der Waals surface area contributed by atoms with Gasteiger partial charge in [0.1, 0.15) is 5.60 Å². The van der Waals surface area contributed by atoms with E-state index in [1.807, 2.05) is 6.08 Å². The topological polar surface area (TPSA) is 47.9 Å². The van der Waals surface area contributed by atoms with E-state index >= 15 is 0 Å². The summed E-state index contributed by atoms with van der Waals surface area (Å²) in [6.07, 6.45) is 7.29. The summed E-state index contributed by atoms with van der Waals surface area (Å²) in [6, 6.07) is 0.